The summed E-state index contributed by atoms with van der Waals surface area (Å²) in [5.74, 6) is 5.23. The average Bonchev–Trinajstić information content (AvgIpc) is 1.87. The lowest BCUT2D eigenvalue weighted by Crippen LogP contribution is -2.37. The summed E-state index contributed by atoms with van der Waals surface area (Å²) in [7, 11) is 0. The van der Waals surface area contributed by atoms with Gasteiger partial charge in [-0.15, -0.1) is 6.58 Å². The van der Waals surface area contributed by atoms with Crippen molar-refractivity contribution in [1.29, 1.82) is 0 Å². The Morgan fingerprint density at radius 2 is 2.30 bits per heavy atom. The van der Waals surface area contributed by atoms with E-state index in [1.54, 1.807) is 0 Å². The quantitative estimate of drug-likeness (QED) is 0.167. The number of nitrogens with zero attached hydrogens (tertiary/aromatic N) is 1. The van der Waals surface area contributed by atoms with Gasteiger partial charge in [0.2, 0.25) is 5.96 Å². The van der Waals surface area contributed by atoms with Crippen molar-refractivity contribution in [3.63, 3.8) is 0 Å². The first kappa shape index (κ1) is 8.97. The van der Waals surface area contributed by atoms with Gasteiger partial charge in [-0.3, -0.25) is 10.4 Å². The lowest BCUT2D eigenvalue weighted by atomic mass is 10.2. The van der Waals surface area contributed by atoms with Crippen LogP contribution < -0.4 is 17.0 Å². The van der Waals surface area contributed by atoms with Crippen LogP contribution in [0.1, 0.15) is 13.3 Å². The Morgan fingerprint density at radius 3 is 2.70 bits per heavy atom. The topological polar surface area (TPSA) is 76.4 Å². The normalized spacial score (nSPS) is 11.2. The molecule has 0 fully saturated rings. The molecule has 4 heteroatoms. The van der Waals surface area contributed by atoms with E-state index in [-0.39, 0.29) is 5.96 Å². The number of hydrazine groups is 1. The van der Waals surface area contributed by atoms with Crippen LogP contribution in [0.15, 0.2) is 17.1 Å². The molecule has 0 heterocycles. The molecule has 10 heavy (non-hydrogen) atoms. The van der Waals surface area contributed by atoms with Gasteiger partial charge in [0.05, 0.1) is 0 Å². The summed E-state index contributed by atoms with van der Waals surface area (Å²) in [6.45, 7) is 6.31. The molecular weight excluding hydrogens is 128 g/mol. The van der Waals surface area contributed by atoms with Gasteiger partial charge in [-0.05, 0) is 13.3 Å². The zero-order valence-corrected chi connectivity index (χ0v) is 6.22. The van der Waals surface area contributed by atoms with Gasteiger partial charge in [0.1, 0.15) is 0 Å². The molecule has 0 amide bonds. The highest BCUT2D eigenvalue weighted by Gasteiger charge is 1.86. The first-order valence-corrected chi connectivity index (χ1v) is 3.07. The Hall–Kier alpha value is -1.03. The molecule has 58 valence electrons. The van der Waals surface area contributed by atoms with E-state index in [2.05, 4.69) is 17.0 Å². The molecule has 0 saturated carbocycles. The van der Waals surface area contributed by atoms with Crippen molar-refractivity contribution in [3.05, 3.63) is 12.2 Å². The number of rotatable bonds is 3. The van der Waals surface area contributed by atoms with Crippen LogP contribution in [0.3, 0.4) is 0 Å². The Balaban J connectivity index is 3.43. The van der Waals surface area contributed by atoms with Gasteiger partial charge < -0.3 is 5.73 Å². The van der Waals surface area contributed by atoms with Crippen LogP contribution in [0.5, 0.6) is 0 Å². The second-order valence-electron chi connectivity index (χ2n) is 2.12. The Kier molecular flexibility index (Phi) is 4.32. The summed E-state index contributed by atoms with van der Waals surface area (Å²) < 4.78 is 0. The van der Waals surface area contributed by atoms with Crippen molar-refractivity contribution in [2.24, 2.45) is 16.6 Å². The molecule has 0 saturated heterocycles. The van der Waals surface area contributed by atoms with E-state index in [0.29, 0.717) is 6.54 Å². The molecule has 0 aliphatic carbocycles. The molecule has 0 aliphatic heterocycles. The predicted octanol–water partition coefficient (Wildman–Crippen LogP) is -0.269. The highest BCUT2D eigenvalue weighted by Crippen LogP contribution is 1.93. The summed E-state index contributed by atoms with van der Waals surface area (Å²) in [6.07, 6.45) is 0.850. The van der Waals surface area contributed by atoms with Crippen LogP contribution in [-0.4, -0.2) is 12.5 Å². The second-order valence-corrected chi connectivity index (χ2v) is 2.12. The van der Waals surface area contributed by atoms with Crippen LogP contribution in [0.2, 0.25) is 0 Å². The molecule has 0 radical (unpaired) electrons. The van der Waals surface area contributed by atoms with Gasteiger partial charge in [-0.2, -0.15) is 0 Å². The van der Waals surface area contributed by atoms with E-state index in [9.17, 15) is 0 Å². The first-order valence-electron chi connectivity index (χ1n) is 3.07. The third kappa shape index (κ3) is 5.11. The molecule has 5 N–H and O–H groups in total. The summed E-state index contributed by atoms with van der Waals surface area (Å²) in [5.41, 5.74) is 8.57. The third-order valence-corrected chi connectivity index (χ3v) is 0.969. The molecule has 0 aromatic rings. The minimum atomic E-state index is 0.265. The van der Waals surface area contributed by atoms with Crippen molar-refractivity contribution < 1.29 is 0 Å². The summed E-state index contributed by atoms with van der Waals surface area (Å²) in [4.78, 5) is 3.88. The van der Waals surface area contributed by atoms with Gasteiger partial charge in [-0.25, -0.2) is 5.84 Å². The zero-order chi connectivity index (χ0) is 7.98. The second kappa shape index (κ2) is 4.81. The molecule has 4 nitrogen and oxygen atoms in total. The van der Waals surface area contributed by atoms with Crippen LogP contribution in [0, 0.1) is 0 Å². The summed E-state index contributed by atoms with van der Waals surface area (Å²) in [5, 5.41) is 0. The van der Waals surface area contributed by atoms with E-state index in [1.165, 1.54) is 0 Å². The fourth-order valence-electron chi connectivity index (χ4n) is 0.413. The maximum absolute atomic E-state index is 5.24. The fraction of sp³-hybridized carbons (Fsp3) is 0.500. The van der Waals surface area contributed by atoms with Gasteiger partial charge in [-0.1, -0.05) is 5.57 Å². The van der Waals surface area contributed by atoms with E-state index in [0.717, 1.165) is 12.0 Å². The molecule has 0 spiro atoms. The monoisotopic (exact) mass is 142 g/mol. The highest BCUT2D eigenvalue weighted by atomic mass is 15.3. The number of guanidine groups is 1. The maximum atomic E-state index is 5.24. The Labute approximate surface area is 61.0 Å². The number of nitrogens with two attached hydrogens (primary N) is 2. The van der Waals surface area contributed by atoms with Gasteiger partial charge in [0, 0.05) is 6.54 Å². The van der Waals surface area contributed by atoms with Crippen molar-refractivity contribution in [1.82, 2.24) is 5.43 Å². The number of hydrogen-bond acceptors (Lipinski definition) is 2. The number of aliphatic imine (C=N–C) groups is 1. The zero-order valence-electron chi connectivity index (χ0n) is 6.22. The minimum absolute atomic E-state index is 0.265. The van der Waals surface area contributed by atoms with Crippen LogP contribution >= 0.6 is 0 Å². The first-order chi connectivity index (χ1) is 4.66. The molecule has 0 aliphatic rings. The van der Waals surface area contributed by atoms with Crippen molar-refractivity contribution in [2.45, 2.75) is 13.3 Å². The predicted molar refractivity (Wildman–Crippen MR) is 43.2 cm³/mol. The minimum Gasteiger partial charge on any atom is -0.369 e. The summed E-state index contributed by atoms with van der Waals surface area (Å²) in [6, 6.07) is 0. The summed E-state index contributed by atoms with van der Waals surface area (Å²) >= 11 is 0. The lowest BCUT2D eigenvalue weighted by molar-refractivity contribution is 0.916. The molecule has 0 atom stereocenters. The molecule has 0 aromatic heterocycles. The van der Waals surface area contributed by atoms with Crippen LogP contribution in [0.25, 0.3) is 0 Å². The van der Waals surface area contributed by atoms with E-state index in [4.69, 9.17) is 11.6 Å². The van der Waals surface area contributed by atoms with E-state index < -0.39 is 0 Å². The van der Waals surface area contributed by atoms with Gasteiger partial charge in [0.15, 0.2) is 0 Å². The molecule has 0 rings (SSSR count). The van der Waals surface area contributed by atoms with Crippen molar-refractivity contribution >= 4 is 5.96 Å². The van der Waals surface area contributed by atoms with Crippen molar-refractivity contribution in [3.8, 4) is 0 Å². The highest BCUT2D eigenvalue weighted by molar-refractivity contribution is 5.77. The van der Waals surface area contributed by atoms with Crippen LogP contribution in [0.4, 0.5) is 0 Å². The smallest absolute Gasteiger partial charge is 0.203 e. The Morgan fingerprint density at radius 1 is 1.70 bits per heavy atom. The Bertz CT molecular complexity index is 139. The molecule has 0 unspecified atom stereocenters. The molecular formula is C6H14N4. The fourth-order valence-corrected chi connectivity index (χ4v) is 0.413. The number of hydrogen-bond donors (Lipinski definition) is 3. The van der Waals surface area contributed by atoms with Crippen LogP contribution in [-0.2, 0) is 0 Å². The standard InChI is InChI=1S/C6H14N4/c1-5(2)3-4-9-6(7)10-8/h1,3-4,8H2,2H3,(H3,7,9,10). The molecule has 0 aromatic carbocycles. The lowest BCUT2D eigenvalue weighted by Gasteiger charge is -1.97. The third-order valence-electron chi connectivity index (χ3n) is 0.969. The molecule has 0 bridgehead atoms. The van der Waals surface area contributed by atoms with Gasteiger partial charge in [0.25, 0.3) is 0 Å². The van der Waals surface area contributed by atoms with E-state index >= 15 is 0 Å². The average molecular weight is 142 g/mol. The SMILES string of the molecule is C=C(C)CCN=C(N)NN. The van der Waals surface area contributed by atoms with Gasteiger partial charge >= 0.3 is 0 Å². The maximum Gasteiger partial charge on any atom is 0.203 e. The largest absolute Gasteiger partial charge is 0.369 e. The van der Waals surface area contributed by atoms with E-state index in [1.807, 2.05) is 6.92 Å². The van der Waals surface area contributed by atoms with Crippen molar-refractivity contribution in [2.75, 3.05) is 6.54 Å². The number of nitrogens with one attached hydrogen (secondary N) is 1.